The molecule has 2 heteroatoms. The fourth-order valence-electron chi connectivity index (χ4n) is 2.26. The van der Waals surface area contributed by atoms with Crippen molar-refractivity contribution in [3.8, 4) is 0 Å². The smallest absolute Gasteiger partial charge is 0.0791 e. The zero-order valence-electron chi connectivity index (χ0n) is 9.86. The van der Waals surface area contributed by atoms with Gasteiger partial charge in [0.05, 0.1) is 12.2 Å². The molecule has 1 aliphatic rings. The summed E-state index contributed by atoms with van der Waals surface area (Å²) in [5.41, 5.74) is 2.23. The SMILES string of the molecule is Cc1cccc(C(O)CCC2CCCO2)c1. The van der Waals surface area contributed by atoms with Crippen LogP contribution < -0.4 is 0 Å². The van der Waals surface area contributed by atoms with Crippen LogP contribution in [0, 0.1) is 6.92 Å². The maximum Gasteiger partial charge on any atom is 0.0791 e. The van der Waals surface area contributed by atoms with Gasteiger partial charge in [0, 0.05) is 6.61 Å². The number of rotatable bonds is 4. The molecule has 0 aromatic heterocycles. The largest absolute Gasteiger partial charge is 0.388 e. The molecule has 0 amide bonds. The molecule has 1 fully saturated rings. The molecule has 1 N–H and O–H groups in total. The van der Waals surface area contributed by atoms with Crippen LogP contribution in [-0.2, 0) is 4.74 Å². The highest BCUT2D eigenvalue weighted by Crippen LogP contribution is 2.24. The third kappa shape index (κ3) is 3.06. The van der Waals surface area contributed by atoms with Crippen LogP contribution in [0.3, 0.4) is 0 Å². The van der Waals surface area contributed by atoms with Gasteiger partial charge >= 0.3 is 0 Å². The second-order valence-corrected chi connectivity index (χ2v) is 4.64. The van der Waals surface area contributed by atoms with Crippen molar-refractivity contribution in [3.63, 3.8) is 0 Å². The van der Waals surface area contributed by atoms with E-state index in [0.717, 1.165) is 31.4 Å². The number of benzene rings is 1. The highest BCUT2D eigenvalue weighted by atomic mass is 16.5. The Morgan fingerprint density at radius 1 is 1.50 bits per heavy atom. The van der Waals surface area contributed by atoms with E-state index in [2.05, 4.69) is 19.1 Å². The normalized spacial score (nSPS) is 22.2. The average Bonchev–Trinajstić information content (AvgIpc) is 2.78. The standard InChI is InChI=1S/C14H20O2/c1-11-4-2-5-12(10-11)14(15)8-7-13-6-3-9-16-13/h2,4-5,10,13-15H,3,6-9H2,1H3. The second-order valence-electron chi connectivity index (χ2n) is 4.64. The van der Waals surface area contributed by atoms with Crippen molar-refractivity contribution in [2.75, 3.05) is 6.61 Å². The van der Waals surface area contributed by atoms with Gasteiger partial charge in [-0.05, 0) is 38.2 Å². The molecular weight excluding hydrogens is 200 g/mol. The van der Waals surface area contributed by atoms with Gasteiger partial charge in [-0.3, -0.25) is 0 Å². The van der Waals surface area contributed by atoms with E-state index in [1.165, 1.54) is 12.0 Å². The Hall–Kier alpha value is -0.860. The van der Waals surface area contributed by atoms with E-state index in [1.54, 1.807) is 0 Å². The Balaban J connectivity index is 1.85. The van der Waals surface area contributed by atoms with Gasteiger partial charge in [0.2, 0.25) is 0 Å². The predicted molar refractivity (Wildman–Crippen MR) is 64.3 cm³/mol. The summed E-state index contributed by atoms with van der Waals surface area (Å²) in [6.45, 7) is 2.95. The summed E-state index contributed by atoms with van der Waals surface area (Å²) in [6, 6.07) is 8.10. The monoisotopic (exact) mass is 220 g/mol. The molecule has 1 aliphatic heterocycles. The molecule has 88 valence electrons. The third-order valence-electron chi connectivity index (χ3n) is 3.21. The van der Waals surface area contributed by atoms with Crippen LogP contribution in [0.4, 0.5) is 0 Å². The lowest BCUT2D eigenvalue weighted by atomic mass is 10.0. The van der Waals surface area contributed by atoms with Crippen LogP contribution in [0.15, 0.2) is 24.3 Å². The Kier molecular flexibility index (Phi) is 3.97. The van der Waals surface area contributed by atoms with Gasteiger partial charge in [0.25, 0.3) is 0 Å². The van der Waals surface area contributed by atoms with Crippen molar-refractivity contribution in [3.05, 3.63) is 35.4 Å². The maximum absolute atomic E-state index is 10.0. The zero-order chi connectivity index (χ0) is 11.4. The van der Waals surface area contributed by atoms with Gasteiger partial charge in [-0.2, -0.15) is 0 Å². The number of aliphatic hydroxyl groups excluding tert-OH is 1. The van der Waals surface area contributed by atoms with Crippen molar-refractivity contribution in [2.45, 2.75) is 44.8 Å². The van der Waals surface area contributed by atoms with Crippen LogP contribution in [0.25, 0.3) is 0 Å². The lowest BCUT2D eigenvalue weighted by Crippen LogP contribution is -2.08. The molecule has 0 saturated carbocycles. The van der Waals surface area contributed by atoms with E-state index in [1.807, 2.05) is 12.1 Å². The van der Waals surface area contributed by atoms with Gasteiger partial charge in [-0.1, -0.05) is 29.8 Å². The molecule has 0 spiro atoms. The minimum atomic E-state index is -0.343. The van der Waals surface area contributed by atoms with E-state index < -0.39 is 0 Å². The highest BCUT2D eigenvalue weighted by molar-refractivity contribution is 5.23. The quantitative estimate of drug-likeness (QED) is 0.845. The van der Waals surface area contributed by atoms with Crippen molar-refractivity contribution < 1.29 is 9.84 Å². The fraction of sp³-hybridized carbons (Fsp3) is 0.571. The molecule has 2 unspecified atom stereocenters. The first-order valence-corrected chi connectivity index (χ1v) is 6.12. The molecule has 0 bridgehead atoms. The van der Waals surface area contributed by atoms with E-state index in [0.29, 0.717) is 6.10 Å². The third-order valence-corrected chi connectivity index (χ3v) is 3.21. The molecule has 16 heavy (non-hydrogen) atoms. The summed E-state index contributed by atoms with van der Waals surface area (Å²) >= 11 is 0. The van der Waals surface area contributed by atoms with Gasteiger partial charge in [0.15, 0.2) is 0 Å². The molecule has 2 rings (SSSR count). The molecule has 1 aromatic carbocycles. The lowest BCUT2D eigenvalue weighted by Gasteiger charge is -2.14. The van der Waals surface area contributed by atoms with Gasteiger partial charge in [-0.15, -0.1) is 0 Å². The molecular formula is C14H20O2. The van der Waals surface area contributed by atoms with Gasteiger partial charge in [0.1, 0.15) is 0 Å². The van der Waals surface area contributed by atoms with Gasteiger partial charge in [-0.25, -0.2) is 0 Å². The second kappa shape index (κ2) is 5.46. The van der Waals surface area contributed by atoms with E-state index >= 15 is 0 Å². The van der Waals surface area contributed by atoms with Crippen molar-refractivity contribution in [2.24, 2.45) is 0 Å². The number of hydrogen-bond acceptors (Lipinski definition) is 2. The first-order chi connectivity index (χ1) is 7.75. The van der Waals surface area contributed by atoms with Crippen LogP contribution in [0.1, 0.15) is 42.9 Å². The highest BCUT2D eigenvalue weighted by Gasteiger charge is 2.17. The molecule has 2 atom stereocenters. The Morgan fingerprint density at radius 2 is 2.38 bits per heavy atom. The lowest BCUT2D eigenvalue weighted by molar-refractivity contribution is 0.0812. The van der Waals surface area contributed by atoms with Crippen LogP contribution >= 0.6 is 0 Å². The minimum absolute atomic E-state index is 0.343. The molecule has 1 aromatic rings. The summed E-state index contributed by atoms with van der Waals surface area (Å²) in [7, 11) is 0. The first-order valence-electron chi connectivity index (χ1n) is 6.12. The minimum Gasteiger partial charge on any atom is -0.388 e. The molecule has 1 heterocycles. The topological polar surface area (TPSA) is 29.5 Å². The summed E-state index contributed by atoms with van der Waals surface area (Å²) in [6.07, 6.45) is 4.12. The summed E-state index contributed by atoms with van der Waals surface area (Å²) < 4.78 is 5.55. The average molecular weight is 220 g/mol. The van der Waals surface area contributed by atoms with E-state index in [9.17, 15) is 5.11 Å². The summed E-state index contributed by atoms with van der Waals surface area (Å²) in [4.78, 5) is 0. The van der Waals surface area contributed by atoms with Crippen molar-refractivity contribution in [1.82, 2.24) is 0 Å². The number of ether oxygens (including phenoxy) is 1. The maximum atomic E-state index is 10.0. The molecule has 2 nitrogen and oxygen atoms in total. The molecule has 0 aliphatic carbocycles. The molecule has 1 saturated heterocycles. The van der Waals surface area contributed by atoms with E-state index in [-0.39, 0.29) is 6.10 Å². The first kappa shape index (κ1) is 11.6. The van der Waals surface area contributed by atoms with Crippen molar-refractivity contribution in [1.29, 1.82) is 0 Å². The van der Waals surface area contributed by atoms with E-state index in [4.69, 9.17) is 4.74 Å². The Bertz CT molecular complexity index is 329. The summed E-state index contributed by atoms with van der Waals surface area (Å²) in [5.74, 6) is 0. The number of aryl methyl sites for hydroxylation is 1. The van der Waals surface area contributed by atoms with Crippen molar-refractivity contribution >= 4 is 0 Å². The fourth-order valence-corrected chi connectivity index (χ4v) is 2.26. The van der Waals surface area contributed by atoms with Crippen LogP contribution in [0.5, 0.6) is 0 Å². The Morgan fingerprint density at radius 3 is 3.06 bits per heavy atom. The molecule has 0 radical (unpaired) electrons. The van der Waals surface area contributed by atoms with Crippen LogP contribution in [-0.4, -0.2) is 17.8 Å². The van der Waals surface area contributed by atoms with Crippen LogP contribution in [0.2, 0.25) is 0 Å². The summed E-state index contributed by atoms with van der Waals surface area (Å²) in [5, 5.41) is 10.0. The Labute approximate surface area is 97.3 Å². The number of aliphatic hydroxyl groups is 1. The zero-order valence-corrected chi connectivity index (χ0v) is 9.86. The number of hydrogen-bond donors (Lipinski definition) is 1. The van der Waals surface area contributed by atoms with Gasteiger partial charge < -0.3 is 9.84 Å². The predicted octanol–water partition coefficient (Wildman–Crippen LogP) is 2.99.